The highest BCUT2D eigenvalue weighted by Gasteiger charge is 2.63. The van der Waals surface area contributed by atoms with Crippen LogP contribution in [0.2, 0.25) is 5.02 Å². The van der Waals surface area contributed by atoms with Crippen LogP contribution in [0, 0.1) is 22.7 Å². The lowest BCUT2D eigenvalue weighted by Gasteiger charge is -2.38. The average molecular weight is 443 g/mol. The van der Waals surface area contributed by atoms with Gasteiger partial charge in [-0.1, -0.05) is 74.8 Å². The summed E-state index contributed by atoms with van der Waals surface area (Å²) in [5.41, 5.74) is 1.91. The Morgan fingerprint density at radius 2 is 1.77 bits per heavy atom. The van der Waals surface area contributed by atoms with Crippen LogP contribution in [0.3, 0.4) is 0 Å². The van der Waals surface area contributed by atoms with Crippen LogP contribution in [0.5, 0.6) is 0 Å². The molecule has 0 saturated heterocycles. The molecule has 0 aromatic heterocycles. The lowest BCUT2D eigenvalue weighted by Crippen LogP contribution is -2.38. The molecule has 0 heterocycles. The fourth-order valence-electron chi connectivity index (χ4n) is 5.66. The van der Waals surface area contributed by atoms with Crippen molar-refractivity contribution in [3.8, 4) is 0 Å². The molecule has 30 heavy (non-hydrogen) atoms. The zero-order valence-corrected chi connectivity index (χ0v) is 19.5. The van der Waals surface area contributed by atoms with Gasteiger partial charge < -0.3 is 5.11 Å². The van der Waals surface area contributed by atoms with E-state index in [9.17, 15) is 9.90 Å². The van der Waals surface area contributed by atoms with E-state index in [2.05, 4.69) is 32.9 Å². The van der Waals surface area contributed by atoms with Gasteiger partial charge in [0.05, 0.1) is 6.10 Å². The van der Waals surface area contributed by atoms with E-state index >= 15 is 0 Å². The SMILES string of the molecule is C[C@H]([C@@H](O)c1ccccc1)[C@@H](SC[C@]12CC[C@H](CC1=O)C2(C)C)c1ccc(Cl)cc1. The minimum Gasteiger partial charge on any atom is -0.388 e. The van der Waals surface area contributed by atoms with Gasteiger partial charge in [0.15, 0.2) is 0 Å². The van der Waals surface area contributed by atoms with Crippen molar-refractivity contribution in [1.29, 1.82) is 0 Å². The Morgan fingerprint density at radius 1 is 1.10 bits per heavy atom. The second-order valence-electron chi connectivity index (χ2n) is 9.66. The van der Waals surface area contributed by atoms with Gasteiger partial charge in [0.1, 0.15) is 5.78 Å². The number of fused-ring (bicyclic) bond motifs is 2. The molecule has 5 atom stereocenters. The van der Waals surface area contributed by atoms with E-state index in [0.29, 0.717) is 16.7 Å². The molecule has 2 nitrogen and oxygen atoms in total. The highest BCUT2D eigenvalue weighted by molar-refractivity contribution is 7.99. The van der Waals surface area contributed by atoms with Crippen LogP contribution in [0.4, 0.5) is 0 Å². The quantitative estimate of drug-likeness (QED) is 0.507. The van der Waals surface area contributed by atoms with Crippen LogP contribution in [-0.2, 0) is 4.79 Å². The monoisotopic (exact) mass is 442 g/mol. The number of benzene rings is 2. The normalized spacial score (nSPS) is 27.8. The molecule has 1 N–H and O–H groups in total. The number of aliphatic hydroxyl groups excluding tert-OH is 1. The lowest BCUT2D eigenvalue weighted by atomic mass is 9.70. The van der Waals surface area contributed by atoms with Gasteiger partial charge in [-0.3, -0.25) is 4.79 Å². The number of hydrogen-bond donors (Lipinski definition) is 1. The maximum Gasteiger partial charge on any atom is 0.140 e. The molecule has 0 radical (unpaired) electrons. The summed E-state index contributed by atoms with van der Waals surface area (Å²) in [6.07, 6.45) is 2.33. The van der Waals surface area contributed by atoms with Gasteiger partial charge in [-0.05, 0) is 47.4 Å². The number of Topliss-reactive ketones (excluding diaryl/α,β-unsaturated/α-hetero) is 1. The van der Waals surface area contributed by atoms with Gasteiger partial charge >= 0.3 is 0 Å². The molecule has 0 amide bonds. The number of ketones is 1. The molecule has 2 aromatic carbocycles. The predicted molar refractivity (Wildman–Crippen MR) is 126 cm³/mol. The lowest BCUT2D eigenvalue weighted by molar-refractivity contribution is -0.127. The van der Waals surface area contributed by atoms with Crippen molar-refractivity contribution >= 4 is 29.1 Å². The number of carbonyl (C=O) groups is 1. The summed E-state index contributed by atoms with van der Waals surface area (Å²) < 4.78 is 0. The molecule has 2 aliphatic rings. The summed E-state index contributed by atoms with van der Waals surface area (Å²) in [6.45, 7) is 6.69. The minimum atomic E-state index is -0.569. The Balaban J connectivity index is 1.61. The van der Waals surface area contributed by atoms with Gasteiger partial charge in [0.2, 0.25) is 0 Å². The Labute approximate surface area is 189 Å². The first-order chi connectivity index (χ1) is 14.3. The number of halogens is 1. The van der Waals surface area contributed by atoms with Crippen LogP contribution in [0.15, 0.2) is 54.6 Å². The topological polar surface area (TPSA) is 37.3 Å². The maximum absolute atomic E-state index is 13.0. The Bertz CT molecular complexity index is 895. The van der Waals surface area contributed by atoms with Crippen molar-refractivity contribution in [3.05, 3.63) is 70.7 Å². The Kier molecular flexibility index (Phi) is 6.09. The third-order valence-electron chi connectivity index (χ3n) is 7.96. The number of carbonyl (C=O) groups excluding carboxylic acids is 1. The number of thioether (sulfide) groups is 1. The van der Waals surface area contributed by atoms with E-state index in [1.165, 1.54) is 0 Å². The molecule has 2 aromatic rings. The summed E-state index contributed by atoms with van der Waals surface area (Å²) in [6, 6.07) is 17.8. The first-order valence-corrected chi connectivity index (χ1v) is 12.3. The highest BCUT2D eigenvalue weighted by atomic mass is 35.5. The predicted octanol–water partition coefficient (Wildman–Crippen LogP) is 6.88. The first-order valence-electron chi connectivity index (χ1n) is 10.9. The van der Waals surface area contributed by atoms with Crippen molar-refractivity contribution in [2.75, 3.05) is 5.75 Å². The molecular weight excluding hydrogens is 412 g/mol. The molecule has 2 bridgehead atoms. The second kappa shape index (κ2) is 8.33. The van der Waals surface area contributed by atoms with Crippen LogP contribution in [-0.4, -0.2) is 16.6 Å². The van der Waals surface area contributed by atoms with Gasteiger partial charge in [-0.25, -0.2) is 0 Å². The highest BCUT2D eigenvalue weighted by Crippen LogP contribution is 2.65. The molecule has 0 aliphatic heterocycles. The van der Waals surface area contributed by atoms with Gasteiger partial charge in [0.25, 0.3) is 0 Å². The third-order valence-corrected chi connectivity index (χ3v) is 9.94. The summed E-state index contributed by atoms with van der Waals surface area (Å²) >= 11 is 7.98. The standard InChI is InChI=1S/C26H31ClO2S/c1-17(23(29)18-7-5-4-6-8-18)24(19-9-11-21(27)12-10-19)30-16-26-14-13-20(15-22(26)28)25(26,2)3/h4-12,17,20,23-24,29H,13-16H2,1-3H3/t17-,20-,23-,24-,26-/m1/s1. The van der Waals surface area contributed by atoms with Gasteiger partial charge in [0, 0.05) is 33.8 Å². The summed E-state index contributed by atoms with van der Waals surface area (Å²) in [7, 11) is 0. The van der Waals surface area contributed by atoms with Crippen molar-refractivity contribution in [2.45, 2.75) is 51.4 Å². The van der Waals surface area contributed by atoms with E-state index in [0.717, 1.165) is 36.1 Å². The smallest absolute Gasteiger partial charge is 0.140 e. The molecule has 2 saturated carbocycles. The summed E-state index contributed by atoms with van der Waals surface area (Å²) in [5, 5.41) is 11.9. The van der Waals surface area contributed by atoms with Crippen molar-refractivity contribution in [2.24, 2.45) is 22.7 Å². The fraction of sp³-hybridized carbons (Fsp3) is 0.500. The molecule has 4 rings (SSSR count). The van der Waals surface area contributed by atoms with E-state index in [1.807, 2.05) is 54.2 Å². The van der Waals surface area contributed by atoms with E-state index in [-0.39, 0.29) is 22.0 Å². The molecule has 2 aliphatic carbocycles. The third kappa shape index (κ3) is 3.63. The summed E-state index contributed by atoms with van der Waals surface area (Å²) in [4.78, 5) is 13.0. The number of hydrogen-bond acceptors (Lipinski definition) is 3. The van der Waals surface area contributed by atoms with Crippen molar-refractivity contribution < 1.29 is 9.90 Å². The van der Waals surface area contributed by atoms with Gasteiger partial charge in [-0.2, -0.15) is 11.8 Å². The number of rotatable bonds is 7. The van der Waals surface area contributed by atoms with Crippen molar-refractivity contribution in [1.82, 2.24) is 0 Å². The Hall–Kier alpha value is -1.29. The molecule has 0 unspecified atom stereocenters. The molecular formula is C26H31ClO2S. The zero-order valence-electron chi connectivity index (χ0n) is 18.0. The van der Waals surface area contributed by atoms with Gasteiger partial charge in [-0.15, -0.1) is 0 Å². The van der Waals surface area contributed by atoms with Crippen LogP contribution in [0.1, 0.15) is 62.5 Å². The largest absolute Gasteiger partial charge is 0.388 e. The molecule has 0 spiro atoms. The fourth-order valence-corrected chi connectivity index (χ4v) is 7.73. The average Bonchev–Trinajstić information content (AvgIpc) is 3.10. The maximum atomic E-state index is 13.0. The summed E-state index contributed by atoms with van der Waals surface area (Å²) in [5.74, 6) is 1.77. The molecule has 4 heteroatoms. The van der Waals surface area contributed by atoms with E-state index in [1.54, 1.807) is 0 Å². The molecule has 160 valence electrons. The second-order valence-corrected chi connectivity index (χ2v) is 11.2. The number of aliphatic hydroxyl groups is 1. The first kappa shape index (κ1) is 21.9. The van der Waals surface area contributed by atoms with E-state index < -0.39 is 6.10 Å². The minimum absolute atomic E-state index is 0.00760. The zero-order chi connectivity index (χ0) is 21.5. The van der Waals surface area contributed by atoms with E-state index in [4.69, 9.17) is 11.6 Å². The molecule has 2 fully saturated rings. The Morgan fingerprint density at radius 3 is 2.33 bits per heavy atom. The van der Waals surface area contributed by atoms with Crippen LogP contribution < -0.4 is 0 Å². The van der Waals surface area contributed by atoms with Crippen molar-refractivity contribution in [3.63, 3.8) is 0 Å². The van der Waals surface area contributed by atoms with Crippen LogP contribution >= 0.6 is 23.4 Å². The van der Waals surface area contributed by atoms with Crippen LogP contribution in [0.25, 0.3) is 0 Å².